The summed E-state index contributed by atoms with van der Waals surface area (Å²) >= 11 is 0. The van der Waals surface area contributed by atoms with Gasteiger partial charge in [0.05, 0.1) is 17.8 Å². The highest BCUT2D eigenvalue weighted by molar-refractivity contribution is 14.0. The van der Waals surface area contributed by atoms with Crippen LogP contribution in [0.25, 0.3) is 0 Å². The molecule has 26 heavy (non-hydrogen) atoms. The largest absolute Gasteiger partial charge is 0.352 e. The van der Waals surface area contributed by atoms with E-state index in [4.69, 9.17) is 5.26 Å². The number of guanidine groups is 1. The lowest BCUT2D eigenvalue weighted by Gasteiger charge is -2.21. The fourth-order valence-corrected chi connectivity index (χ4v) is 3.37. The summed E-state index contributed by atoms with van der Waals surface area (Å²) in [5.41, 5.74) is 3.07. The summed E-state index contributed by atoms with van der Waals surface area (Å²) in [6.45, 7) is 2.70. The molecule has 138 valence electrons. The number of likely N-dealkylation sites (tertiary alicyclic amines) is 1. The lowest BCUT2D eigenvalue weighted by molar-refractivity contribution is 0.459. The van der Waals surface area contributed by atoms with Crippen LogP contribution in [0.4, 0.5) is 0 Å². The Morgan fingerprint density at radius 2 is 2.27 bits per heavy atom. The summed E-state index contributed by atoms with van der Waals surface area (Å²) in [7, 11) is 3.78. The molecule has 7 heteroatoms. The van der Waals surface area contributed by atoms with E-state index in [1.807, 2.05) is 49.2 Å². The van der Waals surface area contributed by atoms with Gasteiger partial charge in [-0.15, -0.1) is 24.0 Å². The minimum Gasteiger partial charge on any atom is -0.352 e. The van der Waals surface area contributed by atoms with E-state index < -0.39 is 0 Å². The van der Waals surface area contributed by atoms with Crippen LogP contribution in [0.2, 0.25) is 0 Å². The number of nitrogens with zero attached hydrogens (tertiary/aromatic N) is 5. The molecule has 6 nitrogen and oxygen atoms in total. The summed E-state index contributed by atoms with van der Waals surface area (Å²) in [4.78, 5) is 6.74. The number of hydrogen-bond donors (Lipinski definition) is 1. The quantitative estimate of drug-likeness (QED) is 0.429. The monoisotopic (exact) mass is 464 g/mol. The van der Waals surface area contributed by atoms with Crippen molar-refractivity contribution in [1.82, 2.24) is 20.0 Å². The first-order valence-electron chi connectivity index (χ1n) is 8.60. The Kier molecular flexibility index (Phi) is 7.45. The molecule has 1 aliphatic rings. The molecule has 0 amide bonds. The summed E-state index contributed by atoms with van der Waals surface area (Å²) in [6.07, 6.45) is 6.28. The third-order valence-electron chi connectivity index (χ3n) is 4.59. The molecule has 0 saturated carbocycles. The Labute approximate surface area is 171 Å². The lowest BCUT2D eigenvalue weighted by atomic mass is 10.0. The molecule has 1 fully saturated rings. The van der Waals surface area contributed by atoms with Gasteiger partial charge >= 0.3 is 0 Å². The molecule has 1 atom stereocenters. The van der Waals surface area contributed by atoms with E-state index in [0.29, 0.717) is 18.0 Å². The number of hydrogen-bond acceptors (Lipinski definition) is 3. The molecule has 1 aromatic carbocycles. The summed E-state index contributed by atoms with van der Waals surface area (Å²) in [6, 6.07) is 9.85. The molecular formula is C19H25IN6. The van der Waals surface area contributed by atoms with Crippen LogP contribution in [0.1, 0.15) is 23.1 Å². The molecule has 0 radical (unpaired) electrons. The van der Waals surface area contributed by atoms with E-state index in [2.05, 4.69) is 32.6 Å². The summed E-state index contributed by atoms with van der Waals surface area (Å²) in [5, 5.41) is 16.7. The minimum atomic E-state index is 0. The number of aromatic nitrogens is 2. The van der Waals surface area contributed by atoms with Gasteiger partial charge in [-0.05, 0) is 42.0 Å². The van der Waals surface area contributed by atoms with Crippen molar-refractivity contribution < 1.29 is 0 Å². The van der Waals surface area contributed by atoms with Crippen molar-refractivity contribution >= 4 is 29.9 Å². The molecule has 0 spiro atoms. The molecule has 3 rings (SSSR count). The van der Waals surface area contributed by atoms with Gasteiger partial charge in [0.15, 0.2) is 5.96 Å². The van der Waals surface area contributed by atoms with Gasteiger partial charge in [0.1, 0.15) is 0 Å². The van der Waals surface area contributed by atoms with Gasteiger partial charge < -0.3 is 10.2 Å². The smallest absolute Gasteiger partial charge is 0.193 e. The van der Waals surface area contributed by atoms with Gasteiger partial charge in [0, 0.05) is 39.9 Å². The van der Waals surface area contributed by atoms with Crippen LogP contribution in [0.15, 0.2) is 41.7 Å². The second kappa shape index (κ2) is 9.57. The highest BCUT2D eigenvalue weighted by atomic mass is 127. The maximum atomic E-state index is 9.00. The molecular weight excluding hydrogens is 439 g/mol. The lowest BCUT2D eigenvalue weighted by Crippen LogP contribution is -2.39. The fourth-order valence-electron chi connectivity index (χ4n) is 3.37. The number of aryl methyl sites for hydroxylation is 1. The molecule has 1 N–H and O–H groups in total. The number of halogens is 1. The van der Waals surface area contributed by atoms with E-state index in [0.717, 1.165) is 31.0 Å². The van der Waals surface area contributed by atoms with Crippen molar-refractivity contribution in [2.24, 2.45) is 18.0 Å². The predicted octanol–water partition coefficient (Wildman–Crippen LogP) is 2.55. The molecule has 0 bridgehead atoms. The van der Waals surface area contributed by atoms with Crippen LogP contribution in [-0.2, 0) is 20.0 Å². The number of aliphatic imine (C=N–C) groups is 1. The molecule has 2 heterocycles. The molecule has 2 aromatic rings. The van der Waals surface area contributed by atoms with Gasteiger partial charge in [-0.2, -0.15) is 10.4 Å². The topological polar surface area (TPSA) is 69.2 Å². The van der Waals surface area contributed by atoms with Crippen molar-refractivity contribution in [2.75, 3.05) is 20.1 Å². The maximum Gasteiger partial charge on any atom is 0.193 e. The second-order valence-electron chi connectivity index (χ2n) is 6.54. The third kappa shape index (κ3) is 5.21. The highest BCUT2D eigenvalue weighted by Crippen LogP contribution is 2.20. The molecule has 1 aliphatic heterocycles. The third-order valence-corrected chi connectivity index (χ3v) is 4.59. The Balaban J connectivity index is 0.00000243. The predicted molar refractivity (Wildman–Crippen MR) is 113 cm³/mol. The van der Waals surface area contributed by atoms with E-state index >= 15 is 0 Å². The standard InChI is InChI=1S/C19H24N6.HI/c1-21-19(22-11-16-5-3-4-15(8-16)10-20)25-7-6-17(14-25)9-18-12-23-24(2)13-18;/h3-5,8,12-13,17H,6-7,9,11,14H2,1-2H3,(H,21,22);1H. The van der Waals surface area contributed by atoms with Gasteiger partial charge in [0.2, 0.25) is 0 Å². The van der Waals surface area contributed by atoms with Gasteiger partial charge in [-0.25, -0.2) is 0 Å². The van der Waals surface area contributed by atoms with Gasteiger partial charge in [-0.3, -0.25) is 9.67 Å². The van der Waals surface area contributed by atoms with Crippen molar-refractivity contribution in [3.05, 3.63) is 53.3 Å². The van der Waals surface area contributed by atoms with Crippen LogP contribution in [0.3, 0.4) is 0 Å². The van der Waals surface area contributed by atoms with Crippen LogP contribution < -0.4 is 5.32 Å². The Bertz CT molecular complexity index is 791. The Morgan fingerprint density at radius 3 is 2.96 bits per heavy atom. The number of nitrogens with one attached hydrogen (secondary N) is 1. The summed E-state index contributed by atoms with van der Waals surface area (Å²) in [5.74, 6) is 1.56. The zero-order valence-electron chi connectivity index (χ0n) is 15.2. The van der Waals surface area contributed by atoms with E-state index in [-0.39, 0.29) is 24.0 Å². The first kappa shape index (κ1) is 20.2. The molecule has 0 aliphatic carbocycles. The van der Waals surface area contributed by atoms with Crippen molar-refractivity contribution in [2.45, 2.75) is 19.4 Å². The number of rotatable bonds is 4. The zero-order chi connectivity index (χ0) is 17.6. The number of benzene rings is 1. The molecule has 1 aromatic heterocycles. The van der Waals surface area contributed by atoms with Gasteiger partial charge in [0.25, 0.3) is 0 Å². The van der Waals surface area contributed by atoms with E-state index in [9.17, 15) is 0 Å². The Morgan fingerprint density at radius 1 is 1.42 bits per heavy atom. The number of nitriles is 1. The fraction of sp³-hybridized carbons (Fsp3) is 0.421. The zero-order valence-corrected chi connectivity index (χ0v) is 17.6. The first-order chi connectivity index (χ1) is 12.2. The van der Waals surface area contributed by atoms with Crippen LogP contribution >= 0.6 is 24.0 Å². The normalized spacial score (nSPS) is 16.9. The van der Waals surface area contributed by atoms with Crippen molar-refractivity contribution in [3.63, 3.8) is 0 Å². The van der Waals surface area contributed by atoms with Crippen molar-refractivity contribution in [3.8, 4) is 6.07 Å². The van der Waals surface area contributed by atoms with E-state index in [1.165, 1.54) is 12.0 Å². The maximum absolute atomic E-state index is 9.00. The average molecular weight is 464 g/mol. The van der Waals surface area contributed by atoms with Crippen molar-refractivity contribution in [1.29, 1.82) is 5.26 Å². The average Bonchev–Trinajstić information content (AvgIpc) is 3.25. The molecule has 1 saturated heterocycles. The molecule has 1 unspecified atom stereocenters. The Hall–Kier alpha value is -2.08. The van der Waals surface area contributed by atoms with Crippen LogP contribution in [0, 0.1) is 17.2 Å². The minimum absolute atomic E-state index is 0. The summed E-state index contributed by atoms with van der Waals surface area (Å²) < 4.78 is 1.86. The van der Waals surface area contributed by atoms with Gasteiger partial charge in [-0.1, -0.05) is 12.1 Å². The van der Waals surface area contributed by atoms with Crippen LogP contribution in [0.5, 0.6) is 0 Å². The van der Waals surface area contributed by atoms with E-state index in [1.54, 1.807) is 0 Å². The second-order valence-corrected chi connectivity index (χ2v) is 6.54. The highest BCUT2D eigenvalue weighted by Gasteiger charge is 2.25. The SMILES string of the molecule is CN=C(NCc1cccc(C#N)c1)N1CCC(Cc2cnn(C)c2)C1.I. The first-order valence-corrected chi connectivity index (χ1v) is 8.60. The van der Waals surface area contributed by atoms with Crippen LogP contribution in [-0.4, -0.2) is 40.8 Å².